The number of rotatable bonds is 0. The average molecular weight is 159 g/mol. The van der Waals surface area contributed by atoms with Gasteiger partial charge in [0.15, 0.2) is 0 Å². The number of hydrogen-bond acceptors (Lipinski definition) is 1. The summed E-state index contributed by atoms with van der Waals surface area (Å²) in [6, 6.07) is 6.15. The summed E-state index contributed by atoms with van der Waals surface area (Å²) in [6.07, 6.45) is 1.04. The van der Waals surface area contributed by atoms with Crippen molar-refractivity contribution in [2.24, 2.45) is 0 Å². The Labute approximate surface area is 72.9 Å². The molecule has 1 aliphatic carbocycles. The van der Waals surface area contributed by atoms with Crippen LogP contribution in [-0.2, 0) is 6.42 Å². The minimum Gasteiger partial charge on any atom is -0.398 e. The Hall–Kier alpha value is -1.24. The van der Waals surface area contributed by atoms with Crippen LogP contribution in [0.5, 0.6) is 0 Å². The zero-order chi connectivity index (χ0) is 8.72. The number of anilines is 1. The monoisotopic (exact) mass is 159 g/mol. The van der Waals surface area contributed by atoms with Gasteiger partial charge in [0, 0.05) is 5.69 Å². The van der Waals surface area contributed by atoms with Crippen LogP contribution in [0.4, 0.5) is 5.69 Å². The van der Waals surface area contributed by atoms with Gasteiger partial charge >= 0.3 is 0 Å². The van der Waals surface area contributed by atoms with Gasteiger partial charge in [0.25, 0.3) is 0 Å². The third kappa shape index (κ3) is 0.860. The lowest BCUT2D eigenvalue weighted by Crippen LogP contribution is -1.93. The molecule has 62 valence electrons. The Morgan fingerprint density at radius 1 is 1.25 bits per heavy atom. The van der Waals surface area contributed by atoms with Crippen LogP contribution >= 0.6 is 0 Å². The highest BCUT2D eigenvalue weighted by molar-refractivity contribution is 5.78. The van der Waals surface area contributed by atoms with Crippen LogP contribution in [0.25, 0.3) is 5.57 Å². The third-order valence-electron chi connectivity index (χ3n) is 2.70. The molecular formula is C11H13N. The van der Waals surface area contributed by atoms with Crippen molar-refractivity contribution in [1.29, 1.82) is 0 Å². The highest BCUT2D eigenvalue weighted by Gasteiger charge is 2.16. The Bertz CT molecular complexity index is 361. The van der Waals surface area contributed by atoms with E-state index in [2.05, 4.69) is 19.9 Å². The summed E-state index contributed by atoms with van der Waals surface area (Å²) in [4.78, 5) is 0. The molecule has 0 unspecified atom stereocenters. The zero-order valence-corrected chi connectivity index (χ0v) is 7.52. The van der Waals surface area contributed by atoms with Crippen molar-refractivity contribution in [3.8, 4) is 0 Å². The first-order chi connectivity index (χ1) is 5.70. The summed E-state index contributed by atoms with van der Waals surface area (Å²) in [6.45, 7) is 4.34. The van der Waals surface area contributed by atoms with Gasteiger partial charge in [-0.25, -0.2) is 0 Å². The van der Waals surface area contributed by atoms with Crippen molar-refractivity contribution in [3.05, 3.63) is 34.9 Å². The molecule has 1 heteroatoms. The Morgan fingerprint density at radius 3 is 2.67 bits per heavy atom. The van der Waals surface area contributed by atoms with Crippen LogP contribution in [0.15, 0.2) is 23.8 Å². The van der Waals surface area contributed by atoms with Crippen LogP contribution < -0.4 is 5.73 Å². The summed E-state index contributed by atoms with van der Waals surface area (Å²) in [7, 11) is 0. The van der Waals surface area contributed by atoms with Crippen LogP contribution in [-0.4, -0.2) is 0 Å². The SMILES string of the molecule is CC1=C(C)c2cccc(N)c2C1. The number of allylic oxidation sites excluding steroid dienone is 2. The fourth-order valence-corrected chi connectivity index (χ4v) is 1.78. The molecule has 2 rings (SSSR count). The Morgan fingerprint density at radius 2 is 2.00 bits per heavy atom. The van der Waals surface area contributed by atoms with Gasteiger partial charge in [0.05, 0.1) is 0 Å². The highest BCUT2D eigenvalue weighted by atomic mass is 14.6. The van der Waals surface area contributed by atoms with Gasteiger partial charge in [-0.1, -0.05) is 17.7 Å². The normalized spacial score (nSPS) is 15.2. The lowest BCUT2D eigenvalue weighted by Gasteiger charge is -2.03. The molecular weight excluding hydrogens is 146 g/mol. The quantitative estimate of drug-likeness (QED) is 0.578. The summed E-state index contributed by atoms with van der Waals surface area (Å²) < 4.78 is 0. The van der Waals surface area contributed by atoms with E-state index in [1.807, 2.05) is 12.1 Å². The maximum absolute atomic E-state index is 5.87. The van der Waals surface area contributed by atoms with Crippen molar-refractivity contribution in [1.82, 2.24) is 0 Å². The molecule has 0 saturated heterocycles. The maximum atomic E-state index is 5.87. The van der Waals surface area contributed by atoms with E-state index in [1.54, 1.807) is 0 Å². The van der Waals surface area contributed by atoms with E-state index in [0.29, 0.717) is 0 Å². The second-order valence-corrected chi connectivity index (χ2v) is 3.46. The van der Waals surface area contributed by atoms with Crippen molar-refractivity contribution in [2.45, 2.75) is 20.3 Å². The topological polar surface area (TPSA) is 26.0 Å². The van der Waals surface area contributed by atoms with E-state index in [9.17, 15) is 0 Å². The zero-order valence-electron chi connectivity index (χ0n) is 7.52. The predicted octanol–water partition coefficient (Wildman–Crippen LogP) is 2.62. The largest absolute Gasteiger partial charge is 0.398 e. The minimum absolute atomic E-state index is 0.934. The second kappa shape index (κ2) is 2.37. The van der Waals surface area contributed by atoms with Crippen LogP contribution in [0.2, 0.25) is 0 Å². The minimum atomic E-state index is 0.934. The summed E-state index contributed by atoms with van der Waals surface area (Å²) >= 11 is 0. The molecule has 0 radical (unpaired) electrons. The maximum Gasteiger partial charge on any atom is 0.0355 e. The molecule has 1 aromatic rings. The molecule has 12 heavy (non-hydrogen) atoms. The molecule has 0 spiro atoms. The molecule has 0 amide bonds. The van der Waals surface area contributed by atoms with Crippen molar-refractivity contribution in [2.75, 3.05) is 5.73 Å². The molecule has 1 aromatic carbocycles. The Balaban J connectivity index is 2.64. The van der Waals surface area contributed by atoms with E-state index < -0.39 is 0 Å². The van der Waals surface area contributed by atoms with Crippen molar-refractivity contribution in [3.63, 3.8) is 0 Å². The van der Waals surface area contributed by atoms with Crippen LogP contribution in [0, 0.1) is 0 Å². The lowest BCUT2D eigenvalue weighted by atomic mass is 10.1. The molecule has 0 bridgehead atoms. The van der Waals surface area contributed by atoms with Gasteiger partial charge in [-0.15, -0.1) is 0 Å². The smallest absolute Gasteiger partial charge is 0.0355 e. The first kappa shape index (κ1) is 7.41. The van der Waals surface area contributed by atoms with E-state index in [-0.39, 0.29) is 0 Å². The van der Waals surface area contributed by atoms with Gasteiger partial charge in [0.1, 0.15) is 0 Å². The fraction of sp³-hybridized carbons (Fsp3) is 0.273. The molecule has 0 saturated carbocycles. The van der Waals surface area contributed by atoms with E-state index in [0.717, 1.165) is 12.1 Å². The Kier molecular flexibility index (Phi) is 1.47. The molecule has 0 heterocycles. The second-order valence-electron chi connectivity index (χ2n) is 3.46. The molecule has 0 aliphatic heterocycles. The molecule has 1 nitrogen and oxygen atoms in total. The number of benzene rings is 1. The number of nitrogen functional groups attached to an aromatic ring is 1. The summed E-state index contributed by atoms with van der Waals surface area (Å²) in [5, 5.41) is 0. The van der Waals surface area contributed by atoms with Gasteiger partial charge in [-0.05, 0) is 43.0 Å². The van der Waals surface area contributed by atoms with Crippen molar-refractivity contribution >= 4 is 11.3 Å². The van der Waals surface area contributed by atoms with E-state index >= 15 is 0 Å². The average Bonchev–Trinajstić information content (AvgIpc) is 2.32. The highest BCUT2D eigenvalue weighted by Crippen LogP contribution is 2.34. The van der Waals surface area contributed by atoms with Gasteiger partial charge in [0.2, 0.25) is 0 Å². The number of hydrogen-bond donors (Lipinski definition) is 1. The molecule has 0 atom stereocenters. The van der Waals surface area contributed by atoms with Gasteiger partial charge in [-0.2, -0.15) is 0 Å². The lowest BCUT2D eigenvalue weighted by molar-refractivity contribution is 1.20. The molecule has 0 fully saturated rings. The van der Waals surface area contributed by atoms with Crippen molar-refractivity contribution < 1.29 is 0 Å². The fourth-order valence-electron chi connectivity index (χ4n) is 1.78. The number of nitrogens with two attached hydrogens (primary N) is 1. The van der Waals surface area contributed by atoms with Crippen LogP contribution in [0.1, 0.15) is 25.0 Å². The first-order valence-electron chi connectivity index (χ1n) is 4.24. The predicted molar refractivity (Wildman–Crippen MR) is 52.8 cm³/mol. The molecule has 2 N–H and O–H groups in total. The third-order valence-corrected chi connectivity index (χ3v) is 2.70. The van der Waals surface area contributed by atoms with E-state index in [1.165, 1.54) is 22.3 Å². The standard InChI is InChI=1S/C11H13N/c1-7-6-10-9(8(7)2)4-3-5-11(10)12/h3-5H,6,12H2,1-2H3. The molecule has 0 aromatic heterocycles. The van der Waals surface area contributed by atoms with E-state index in [4.69, 9.17) is 5.73 Å². The number of fused-ring (bicyclic) bond motifs is 1. The summed E-state index contributed by atoms with van der Waals surface area (Å²) in [5.41, 5.74) is 12.3. The van der Waals surface area contributed by atoms with Crippen LogP contribution in [0.3, 0.4) is 0 Å². The first-order valence-corrected chi connectivity index (χ1v) is 4.24. The van der Waals surface area contributed by atoms with Gasteiger partial charge in [-0.3, -0.25) is 0 Å². The molecule has 1 aliphatic rings. The van der Waals surface area contributed by atoms with Gasteiger partial charge < -0.3 is 5.73 Å². The summed E-state index contributed by atoms with van der Waals surface area (Å²) in [5.74, 6) is 0.